The standard InChI is InChI=1S/C6H6Cl2N2/c7-2-4-1-6(8)10-3-5(4)9/h1,3H,2,9H2. The molecule has 0 spiro atoms. The number of nitrogen functional groups attached to an aromatic ring is 1. The van der Waals surface area contributed by atoms with Gasteiger partial charge in [0.05, 0.1) is 11.9 Å². The second-order valence-corrected chi connectivity index (χ2v) is 2.49. The Hall–Kier alpha value is -0.470. The average molecular weight is 177 g/mol. The van der Waals surface area contributed by atoms with Gasteiger partial charge in [0.25, 0.3) is 0 Å². The van der Waals surface area contributed by atoms with Crippen LogP contribution >= 0.6 is 23.2 Å². The van der Waals surface area contributed by atoms with Gasteiger partial charge in [-0.3, -0.25) is 0 Å². The van der Waals surface area contributed by atoms with Crippen LogP contribution in [0.1, 0.15) is 5.56 Å². The second kappa shape index (κ2) is 3.08. The number of nitrogens with two attached hydrogens (primary N) is 1. The maximum absolute atomic E-state index is 5.57. The summed E-state index contributed by atoms with van der Waals surface area (Å²) in [7, 11) is 0. The summed E-state index contributed by atoms with van der Waals surface area (Å²) in [5.74, 6) is 0.369. The zero-order valence-corrected chi connectivity index (χ0v) is 6.65. The first-order chi connectivity index (χ1) is 4.74. The minimum absolute atomic E-state index is 0.369. The quantitative estimate of drug-likeness (QED) is 0.526. The van der Waals surface area contributed by atoms with E-state index in [2.05, 4.69) is 4.98 Å². The molecule has 1 rings (SSSR count). The molecule has 0 atom stereocenters. The molecule has 0 amide bonds. The maximum atomic E-state index is 5.57. The molecule has 0 saturated heterocycles. The van der Waals surface area contributed by atoms with Crippen LogP contribution in [0.15, 0.2) is 12.3 Å². The number of hydrogen-bond acceptors (Lipinski definition) is 2. The molecular weight excluding hydrogens is 171 g/mol. The van der Waals surface area contributed by atoms with Crippen LogP contribution < -0.4 is 5.73 Å². The van der Waals surface area contributed by atoms with Crippen molar-refractivity contribution in [3.05, 3.63) is 23.0 Å². The summed E-state index contributed by atoms with van der Waals surface area (Å²) in [5.41, 5.74) is 6.90. The Morgan fingerprint density at radius 3 is 2.80 bits per heavy atom. The molecule has 4 heteroatoms. The van der Waals surface area contributed by atoms with E-state index >= 15 is 0 Å². The van der Waals surface area contributed by atoms with Crippen molar-refractivity contribution in [3.63, 3.8) is 0 Å². The van der Waals surface area contributed by atoms with Gasteiger partial charge >= 0.3 is 0 Å². The number of nitrogens with zero attached hydrogens (tertiary/aromatic N) is 1. The Balaban J connectivity index is 3.09. The molecule has 0 saturated carbocycles. The molecular formula is C6H6Cl2N2. The molecule has 0 fully saturated rings. The molecule has 0 aliphatic rings. The van der Waals surface area contributed by atoms with Crippen LogP contribution in [0.5, 0.6) is 0 Å². The highest BCUT2D eigenvalue weighted by atomic mass is 35.5. The third-order valence-corrected chi connectivity index (χ3v) is 1.63. The molecule has 0 aromatic carbocycles. The van der Waals surface area contributed by atoms with Crippen LogP contribution in [0.25, 0.3) is 0 Å². The molecule has 10 heavy (non-hydrogen) atoms. The number of hydrogen-bond donors (Lipinski definition) is 1. The lowest BCUT2D eigenvalue weighted by Gasteiger charge is -1.99. The minimum atomic E-state index is 0.369. The highest BCUT2D eigenvalue weighted by molar-refractivity contribution is 6.29. The van der Waals surface area contributed by atoms with Gasteiger partial charge in [-0.2, -0.15) is 0 Å². The number of anilines is 1. The van der Waals surface area contributed by atoms with Crippen molar-refractivity contribution in [2.75, 3.05) is 5.73 Å². The van der Waals surface area contributed by atoms with Crippen LogP contribution in [0.4, 0.5) is 5.69 Å². The Labute approximate surface area is 69.0 Å². The summed E-state index contributed by atoms with van der Waals surface area (Å²) in [6.07, 6.45) is 1.50. The third-order valence-electron chi connectivity index (χ3n) is 1.14. The first kappa shape index (κ1) is 7.63. The first-order valence-electron chi connectivity index (χ1n) is 2.70. The Bertz CT molecular complexity index is 237. The molecule has 2 nitrogen and oxygen atoms in total. The molecule has 0 aliphatic heterocycles. The molecule has 0 radical (unpaired) electrons. The molecule has 0 unspecified atom stereocenters. The molecule has 0 bridgehead atoms. The molecule has 54 valence electrons. The summed E-state index contributed by atoms with van der Waals surface area (Å²) in [5, 5.41) is 0.421. The zero-order valence-electron chi connectivity index (χ0n) is 5.14. The lowest BCUT2D eigenvalue weighted by Crippen LogP contribution is -1.92. The zero-order chi connectivity index (χ0) is 7.56. The van der Waals surface area contributed by atoms with E-state index in [0.717, 1.165) is 5.56 Å². The predicted molar refractivity (Wildman–Crippen MR) is 43.2 cm³/mol. The fourth-order valence-corrected chi connectivity index (χ4v) is 1.01. The maximum Gasteiger partial charge on any atom is 0.129 e. The van der Waals surface area contributed by atoms with Crippen molar-refractivity contribution in [2.45, 2.75) is 5.88 Å². The summed E-state index contributed by atoms with van der Waals surface area (Å²) in [4.78, 5) is 3.77. The van der Waals surface area contributed by atoms with E-state index in [1.807, 2.05) is 0 Å². The van der Waals surface area contributed by atoms with Crippen molar-refractivity contribution in [2.24, 2.45) is 0 Å². The van der Waals surface area contributed by atoms with Gasteiger partial charge in [-0.1, -0.05) is 11.6 Å². The minimum Gasteiger partial charge on any atom is -0.397 e. The van der Waals surface area contributed by atoms with E-state index in [4.69, 9.17) is 28.9 Å². The lowest BCUT2D eigenvalue weighted by atomic mass is 10.3. The highest BCUT2D eigenvalue weighted by Crippen LogP contribution is 2.16. The normalized spacial score (nSPS) is 9.80. The number of aromatic nitrogens is 1. The topological polar surface area (TPSA) is 38.9 Å². The van der Waals surface area contributed by atoms with Crippen LogP contribution in [0.3, 0.4) is 0 Å². The number of halogens is 2. The highest BCUT2D eigenvalue weighted by Gasteiger charge is 1.97. The fourth-order valence-electron chi connectivity index (χ4n) is 0.594. The molecule has 2 N–H and O–H groups in total. The number of pyridine rings is 1. The monoisotopic (exact) mass is 176 g/mol. The van der Waals surface area contributed by atoms with Gasteiger partial charge in [0, 0.05) is 5.88 Å². The van der Waals surface area contributed by atoms with E-state index in [1.165, 1.54) is 6.20 Å². The van der Waals surface area contributed by atoms with Crippen LogP contribution in [0, 0.1) is 0 Å². The summed E-state index contributed by atoms with van der Waals surface area (Å²) >= 11 is 11.1. The van der Waals surface area contributed by atoms with Crippen molar-refractivity contribution in [1.29, 1.82) is 0 Å². The lowest BCUT2D eigenvalue weighted by molar-refractivity contribution is 1.27. The van der Waals surface area contributed by atoms with Crippen molar-refractivity contribution >= 4 is 28.9 Å². The van der Waals surface area contributed by atoms with Gasteiger partial charge in [0.1, 0.15) is 5.15 Å². The van der Waals surface area contributed by atoms with E-state index in [-0.39, 0.29) is 0 Å². The van der Waals surface area contributed by atoms with Crippen molar-refractivity contribution in [1.82, 2.24) is 4.98 Å². The fraction of sp³-hybridized carbons (Fsp3) is 0.167. The third kappa shape index (κ3) is 1.52. The Morgan fingerprint density at radius 1 is 1.60 bits per heavy atom. The number of rotatable bonds is 1. The Morgan fingerprint density at radius 2 is 2.30 bits per heavy atom. The van der Waals surface area contributed by atoms with Gasteiger partial charge in [-0.15, -0.1) is 11.6 Å². The van der Waals surface area contributed by atoms with Gasteiger partial charge < -0.3 is 5.73 Å². The van der Waals surface area contributed by atoms with E-state index in [0.29, 0.717) is 16.7 Å². The number of alkyl halides is 1. The van der Waals surface area contributed by atoms with Crippen molar-refractivity contribution in [3.8, 4) is 0 Å². The Kier molecular flexibility index (Phi) is 2.35. The molecule has 1 heterocycles. The largest absolute Gasteiger partial charge is 0.397 e. The second-order valence-electron chi connectivity index (χ2n) is 1.84. The van der Waals surface area contributed by atoms with Gasteiger partial charge in [-0.05, 0) is 11.6 Å². The summed E-state index contributed by atoms with van der Waals surface area (Å²) in [6, 6.07) is 1.66. The van der Waals surface area contributed by atoms with Gasteiger partial charge in [-0.25, -0.2) is 4.98 Å². The van der Waals surface area contributed by atoms with Crippen LogP contribution in [0.2, 0.25) is 5.15 Å². The van der Waals surface area contributed by atoms with E-state index in [1.54, 1.807) is 6.07 Å². The van der Waals surface area contributed by atoms with E-state index < -0.39 is 0 Å². The average Bonchev–Trinajstić information content (AvgIpc) is 1.94. The van der Waals surface area contributed by atoms with Crippen LogP contribution in [-0.2, 0) is 5.88 Å². The predicted octanol–water partition coefficient (Wildman–Crippen LogP) is 2.06. The molecule has 1 aromatic heterocycles. The van der Waals surface area contributed by atoms with Gasteiger partial charge in [0.15, 0.2) is 0 Å². The van der Waals surface area contributed by atoms with Gasteiger partial charge in [0.2, 0.25) is 0 Å². The molecule has 0 aliphatic carbocycles. The summed E-state index contributed by atoms with van der Waals surface area (Å²) in [6.45, 7) is 0. The molecule has 1 aromatic rings. The van der Waals surface area contributed by atoms with Crippen LogP contribution in [-0.4, -0.2) is 4.98 Å². The SMILES string of the molecule is Nc1cnc(Cl)cc1CCl. The first-order valence-corrected chi connectivity index (χ1v) is 3.61. The van der Waals surface area contributed by atoms with E-state index in [9.17, 15) is 0 Å². The van der Waals surface area contributed by atoms with Crippen molar-refractivity contribution < 1.29 is 0 Å². The smallest absolute Gasteiger partial charge is 0.129 e. The summed E-state index contributed by atoms with van der Waals surface area (Å²) < 4.78 is 0.